The summed E-state index contributed by atoms with van der Waals surface area (Å²) in [6.07, 6.45) is 2.06. The number of ether oxygens (including phenoxy) is 1. The largest absolute Gasteiger partial charge is 0.467 e. The van der Waals surface area contributed by atoms with Crippen LogP contribution in [0.15, 0.2) is 12.4 Å². The first kappa shape index (κ1) is 20.6. The van der Waals surface area contributed by atoms with Gasteiger partial charge in [0.05, 0.1) is 17.0 Å². The predicted octanol–water partition coefficient (Wildman–Crippen LogP) is 4.19. The number of hydrogen-bond acceptors (Lipinski definition) is 6. The Labute approximate surface area is 161 Å². The lowest BCUT2D eigenvalue weighted by Crippen LogP contribution is -2.21. The highest BCUT2D eigenvalue weighted by Crippen LogP contribution is 2.37. The van der Waals surface area contributed by atoms with Gasteiger partial charge in [-0.2, -0.15) is 13.2 Å². The zero-order valence-corrected chi connectivity index (χ0v) is 16.0. The van der Waals surface area contributed by atoms with Gasteiger partial charge in [0.2, 0.25) is 11.8 Å². The molecule has 1 fully saturated rings. The molecule has 3 rings (SSSR count). The average Bonchev–Trinajstić information content (AvgIpc) is 2.66. The van der Waals surface area contributed by atoms with E-state index in [0.717, 1.165) is 24.8 Å². The van der Waals surface area contributed by atoms with Crippen LogP contribution in [0.1, 0.15) is 57.4 Å². The molecule has 2 aromatic heterocycles. The third kappa shape index (κ3) is 5.01. The Morgan fingerprint density at radius 3 is 2.57 bits per heavy atom. The molecule has 1 aliphatic carbocycles. The zero-order chi connectivity index (χ0) is 20.3. The minimum Gasteiger partial charge on any atom is -0.467 e. The number of aliphatic hydroxyl groups excluding tert-OH is 1. The Kier molecular flexibility index (Phi) is 6.22. The van der Waals surface area contributed by atoms with E-state index in [1.165, 1.54) is 6.20 Å². The van der Waals surface area contributed by atoms with Gasteiger partial charge in [0.15, 0.2) is 6.61 Å². The van der Waals surface area contributed by atoms with Crippen LogP contribution in [0.4, 0.5) is 19.1 Å². The maximum Gasteiger partial charge on any atom is 0.422 e. The van der Waals surface area contributed by atoms with Crippen molar-refractivity contribution in [3.8, 4) is 5.88 Å². The molecule has 154 valence electrons. The Hall–Kier alpha value is -2.16. The summed E-state index contributed by atoms with van der Waals surface area (Å²) in [7, 11) is 0. The third-order valence-electron chi connectivity index (χ3n) is 5.11. The smallest absolute Gasteiger partial charge is 0.422 e. The summed E-state index contributed by atoms with van der Waals surface area (Å²) in [5.41, 5.74) is 1.41. The van der Waals surface area contributed by atoms with Gasteiger partial charge >= 0.3 is 6.18 Å². The van der Waals surface area contributed by atoms with Gasteiger partial charge in [0.25, 0.3) is 0 Å². The number of rotatable bonds is 6. The molecular weight excluding hydrogens is 373 g/mol. The van der Waals surface area contributed by atoms with Crippen molar-refractivity contribution in [1.29, 1.82) is 0 Å². The van der Waals surface area contributed by atoms with Gasteiger partial charge in [-0.1, -0.05) is 6.92 Å². The summed E-state index contributed by atoms with van der Waals surface area (Å²) in [6, 6.07) is 0.161. The van der Waals surface area contributed by atoms with Crippen LogP contribution in [0.25, 0.3) is 10.9 Å². The van der Waals surface area contributed by atoms with Crippen LogP contribution in [-0.4, -0.2) is 45.0 Å². The van der Waals surface area contributed by atoms with Crippen LogP contribution in [0, 0.1) is 0 Å². The van der Waals surface area contributed by atoms with E-state index in [2.05, 4.69) is 20.3 Å². The van der Waals surface area contributed by atoms with Crippen LogP contribution < -0.4 is 10.1 Å². The van der Waals surface area contributed by atoms with Gasteiger partial charge in [0, 0.05) is 24.0 Å². The van der Waals surface area contributed by atoms with E-state index in [1.54, 1.807) is 6.20 Å². The van der Waals surface area contributed by atoms with Crippen molar-refractivity contribution in [1.82, 2.24) is 15.0 Å². The maximum absolute atomic E-state index is 12.6. The number of anilines is 1. The summed E-state index contributed by atoms with van der Waals surface area (Å²) >= 11 is 0. The van der Waals surface area contributed by atoms with Crippen LogP contribution in [0.2, 0.25) is 0 Å². The molecule has 0 amide bonds. The molecule has 2 aromatic rings. The van der Waals surface area contributed by atoms with Crippen molar-refractivity contribution in [2.45, 2.75) is 70.2 Å². The number of halogens is 3. The average molecular weight is 398 g/mol. The van der Waals surface area contributed by atoms with Gasteiger partial charge in [-0.3, -0.25) is 0 Å². The van der Waals surface area contributed by atoms with E-state index in [-0.39, 0.29) is 23.9 Å². The topological polar surface area (TPSA) is 80.2 Å². The molecule has 2 heterocycles. The maximum atomic E-state index is 12.6. The Morgan fingerprint density at radius 1 is 1.21 bits per heavy atom. The van der Waals surface area contributed by atoms with E-state index in [0.29, 0.717) is 29.7 Å². The molecule has 1 aliphatic rings. The second-order valence-corrected chi connectivity index (χ2v) is 7.34. The normalized spacial score (nSPS) is 21.5. The molecule has 0 spiro atoms. The first-order valence-corrected chi connectivity index (χ1v) is 9.56. The molecule has 0 radical (unpaired) electrons. The lowest BCUT2D eigenvalue weighted by molar-refractivity contribution is -0.153. The van der Waals surface area contributed by atoms with E-state index >= 15 is 0 Å². The summed E-state index contributed by atoms with van der Waals surface area (Å²) in [4.78, 5) is 12.9. The fourth-order valence-corrected chi connectivity index (χ4v) is 3.36. The lowest BCUT2D eigenvalue weighted by atomic mass is 9.83. The van der Waals surface area contributed by atoms with E-state index in [4.69, 9.17) is 4.74 Å². The summed E-state index contributed by atoms with van der Waals surface area (Å²) in [5, 5.41) is 13.3. The number of aliphatic hydroxyl groups is 1. The molecule has 1 atom stereocenters. The molecule has 0 unspecified atom stereocenters. The number of nitrogens with zero attached hydrogens (tertiary/aromatic N) is 3. The van der Waals surface area contributed by atoms with Crippen LogP contribution in [-0.2, 0) is 0 Å². The highest BCUT2D eigenvalue weighted by Gasteiger charge is 2.30. The van der Waals surface area contributed by atoms with E-state index < -0.39 is 12.8 Å². The molecule has 1 saturated carbocycles. The van der Waals surface area contributed by atoms with Gasteiger partial charge < -0.3 is 15.2 Å². The number of alkyl halides is 3. The van der Waals surface area contributed by atoms with E-state index in [1.807, 2.05) is 13.8 Å². The first-order valence-electron chi connectivity index (χ1n) is 9.56. The fraction of sp³-hybridized carbons (Fsp3) is 0.632. The van der Waals surface area contributed by atoms with Gasteiger partial charge in [-0.25, -0.2) is 15.0 Å². The van der Waals surface area contributed by atoms with Gasteiger partial charge in [-0.05, 0) is 44.9 Å². The molecule has 28 heavy (non-hydrogen) atoms. The fourth-order valence-electron chi connectivity index (χ4n) is 3.36. The van der Waals surface area contributed by atoms with Crippen molar-refractivity contribution >= 4 is 16.9 Å². The first-order chi connectivity index (χ1) is 13.3. The Bertz CT molecular complexity index is 808. The second-order valence-electron chi connectivity index (χ2n) is 7.34. The third-order valence-corrected chi connectivity index (χ3v) is 5.11. The summed E-state index contributed by atoms with van der Waals surface area (Å²) in [5.74, 6) is 0.440. The Morgan fingerprint density at radius 2 is 1.93 bits per heavy atom. The highest BCUT2D eigenvalue weighted by atomic mass is 19.4. The highest BCUT2D eigenvalue weighted by molar-refractivity contribution is 5.86. The number of pyridine rings is 1. The molecule has 9 heteroatoms. The van der Waals surface area contributed by atoms with Crippen molar-refractivity contribution in [2.24, 2.45) is 0 Å². The standard InChI is InChI=1S/C19H25F3N4O2/c1-3-11(2)25-18-24-9-15-16(26-18)14(12-4-6-13(27)7-5-12)8-23-17(15)28-10-19(20,21)22/h8-9,11-13,27H,3-7,10H2,1-2H3,(H,24,25,26)/t11-,12?,13?/m0/s1. The number of fused-ring (bicyclic) bond motifs is 1. The van der Waals surface area contributed by atoms with Crippen molar-refractivity contribution < 1.29 is 23.0 Å². The second kappa shape index (κ2) is 8.46. The number of hydrogen-bond donors (Lipinski definition) is 2. The molecule has 6 nitrogen and oxygen atoms in total. The molecule has 0 saturated heterocycles. The zero-order valence-electron chi connectivity index (χ0n) is 16.0. The molecule has 0 bridgehead atoms. The number of aromatic nitrogens is 3. The summed E-state index contributed by atoms with van der Waals surface area (Å²) in [6.45, 7) is 2.61. The van der Waals surface area contributed by atoms with E-state index in [9.17, 15) is 18.3 Å². The van der Waals surface area contributed by atoms with Crippen LogP contribution in [0.5, 0.6) is 5.88 Å². The van der Waals surface area contributed by atoms with Crippen molar-refractivity contribution in [3.63, 3.8) is 0 Å². The molecule has 0 aromatic carbocycles. The predicted molar refractivity (Wildman–Crippen MR) is 99.5 cm³/mol. The van der Waals surface area contributed by atoms with Crippen molar-refractivity contribution in [3.05, 3.63) is 18.0 Å². The monoisotopic (exact) mass is 398 g/mol. The van der Waals surface area contributed by atoms with Crippen LogP contribution in [0.3, 0.4) is 0 Å². The minimum atomic E-state index is -4.45. The lowest BCUT2D eigenvalue weighted by Gasteiger charge is -2.26. The van der Waals surface area contributed by atoms with Gasteiger partial charge in [0.1, 0.15) is 0 Å². The SMILES string of the molecule is CC[C@H](C)Nc1ncc2c(OCC(F)(F)F)ncc(C3CCC(O)CC3)c2n1. The van der Waals surface area contributed by atoms with Gasteiger partial charge in [-0.15, -0.1) is 0 Å². The number of nitrogens with one attached hydrogen (secondary N) is 1. The Balaban J connectivity index is 1.99. The molecule has 2 N–H and O–H groups in total. The minimum absolute atomic E-state index is 0.123. The quantitative estimate of drug-likeness (QED) is 0.759. The molecular formula is C19H25F3N4O2. The van der Waals surface area contributed by atoms with Crippen molar-refractivity contribution in [2.75, 3.05) is 11.9 Å². The molecule has 0 aliphatic heterocycles. The summed E-state index contributed by atoms with van der Waals surface area (Å²) < 4.78 is 42.6. The van der Waals surface area contributed by atoms with Crippen LogP contribution >= 0.6 is 0 Å².